The summed E-state index contributed by atoms with van der Waals surface area (Å²) < 4.78 is 8.24. The van der Waals surface area contributed by atoms with Crippen LogP contribution in [0.3, 0.4) is 0 Å². The third-order valence-corrected chi connectivity index (χ3v) is 6.38. The molecular formula is C24H24ClN3OS. The van der Waals surface area contributed by atoms with Crippen molar-refractivity contribution in [3.63, 3.8) is 0 Å². The van der Waals surface area contributed by atoms with Crippen molar-refractivity contribution >= 4 is 34.1 Å². The number of aryl methyl sites for hydroxylation is 1. The van der Waals surface area contributed by atoms with Crippen molar-refractivity contribution in [1.29, 1.82) is 0 Å². The minimum Gasteiger partial charge on any atom is -0.481 e. The van der Waals surface area contributed by atoms with Crippen LogP contribution in [0.4, 0.5) is 0 Å². The average Bonchev–Trinajstić information content (AvgIpc) is 3.18. The third kappa shape index (κ3) is 4.32. The lowest BCUT2D eigenvalue weighted by molar-refractivity contribution is 0.210. The van der Waals surface area contributed by atoms with Crippen molar-refractivity contribution in [2.75, 3.05) is 0 Å². The smallest absolute Gasteiger partial charge is 0.191 e. The first kappa shape index (κ1) is 20.8. The van der Waals surface area contributed by atoms with Gasteiger partial charge in [0, 0.05) is 12.3 Å². The standard InChI is InChI=1S/C24H24ClN3OS/c1-4-28-23(17(3)29-22-14-16(2)12-13-21(22)25)26-27-24(28)30-15-19-10-7-9-18-8-5-6-11-20(18)19/h5-14,17H,4,15H2,1-3H3. The molecule has 0 aliphatic carbocycles. The maximum Gasteiger partial charge on any atom is 0.191 e. The molecule has 0 aliphatic rings. The first-order valence-corrected chi connectivity index (χ1v) is 11.4. The van der Waals surface area contributed by atoms with E-state index < -0.39 is 0 Å². The minimum absolute atomic E-state index is 0.261. The Labute approximate surface area is 186 Å². The van der Waals surface area contributed by atoms with E-state index in [9.17, 15) is 0 Å². The molecule has 6 heteroatoms. The van der Waals surface area contributed by atoms with Crippen LogP contribution in [0.2, 0.25) is 5.02 Å². The van der Waals surface area contributed by atoms with Gasteiger partial charge in [0.25, 0.3) is 0 Å². The monoisotopic (exact) mass is 437 g/mol. The van der Waals surface area contributed by atoms with Gasteiger partial charge in [-0.1, -0.05) is 71.9 Å². The lowest BCUT2D eigenvalue weighted by atomic mass is 10.1. The Balaban J connectivity index is 1.54. The van der Waals surface area contributed by atoms with Crippen molar-refractivity contribution in [3.05, 3.63) is 82.6 Å². The van der Waals surface area contributed by atoms with Crippen molar-refractivity contribution in [2.45, 2.75) is 44.3 Å². The molecule has 0 saturated heterocycles. The molecule has 0 bridgehead atoms. The highest BCUT2D eigenvalue weighted by molar-refractivity contribution is 7.98. The van der Waals surface area contributed by atoms with Gasteiger partial charge in [-0.25, -0.2) is 0 Å². The minimum atomic E-state index is -0.261. The predicted molar refractivity (Wildman–Crippen MR) is 124 cm³/mol. The van der Waals surface area contributed by atoms with E-state index in [1.807, 2.05) is 32.0 Å². The fraction of sp³-hybridized carbons (Fsp3) is 0.250. The molecule has 0 saturated carbocycles. The number of ether oxygens (including phenoxy) is 1. The Morgan fingerprint density at radius 3 is 2.70 bits per heavy atom. The molecule has 1 atom stereocenters. The zero-order valence-electron chi connectivity index (χ0n) is 17.3. The summed E-state index contributed by atoms with van der Waals surface area (Å²) in [6.45, 7) is 6.87. The number of aromatic nitrogens is 3. The average molecular weight is 438 g/mol. The molecule has 1 aromatic heterocycles. The van der Waals surface area contributed by atoms with E-state index in [2.05, 4.69) is 64.2 Å². The van der Waals surface area contributed by atoms with Gasteiger partial charge in [0.15, 0.2) is 17.1 Å². The largest absolute Gasteiger partial charge is 0.481 e. The number of thioether (sulfide) groups is 1. The predicted octanol–water partition coefficient (Wildman–Crippen LogP) is 6.85. The Hall–Kier alpha value is -2.50. The summed E-state index contributed by atoms with van der Waals surface area (Å²) in [7, 11) is 0. The van der Waals surface area contributed by atoms with E-state index in [4.69, 9.17) is 16.3 Å². The number of hydrogen-bond acceptors (Lipinski definition) is 4. The molecule has 154 valence electrons. The van der Waals surface area contributed by atoms with Crippen molar-refractivity contribution in [1.82, 2.24) is 14.8 Å². The van der Waals surface area contributed by atoms with E-state index in [-0.39, 0.29) is 6.10 Å². The van der Waals surface area contributed by atoms with Crippen molar-refractivity contribution in [2.24, 2.45) is 0 Å². The summed E-state index contributed by atoms with van der Waals surface area (Å²) in [5.41, 5.74) is 2.39. The SMILES string of the molecule is CCn1c(SCc2cccc3ccccc23)nnc1C(C)Oc1cc(C)ccc1Cl. The Morgan fingerprint density at radius 2 is 1.87 bits per heavy atom. The number of hydrogen-bond donors (Lipinski definition) is 0. The van der Waals surface area contributed by atoms with Gasteiger partial charge in [-0.05, 0) is 54.8 Å². The fourth-order valence-corrected chi connectivity index (χ4v) is 4.68. The van der Waals surface area contributed by atoms with E-state index >= 15 is 0 Å². The number of fused-ring (bicyclic) bond motifs is 1. The molecule has 0 amide bonds. The molecule has 0 fully saturated rings. The second kappa shape index (κ2) is 9.11. The van der Waals surface area contributed by atoms with E-state index in [1.54, 1.807) is 11.8 Å². The van der Waals surface area contributed by atoms with Gasteiger partial charge < -0.3 is 9.30 Å². The lowest BCUT2D eigenvalue weighted by Crippen LogP contribution is -2.12. The van der Waals surface area contributed by atoms with Crippen LogP contribution >= 0.6 is 23.4 Å². The first-order chi connectivity index (χ1) is 14.6. The fourth-order valence-electron chi connectivity index (χ4n) is 3.51. The molecular weight excluding hydrogens is 414 g/mol. The number of benzene rings is 3. The lowest BCUT2D eigenvalue weighted by Gasteiger charge is -2.17. The summed E-state index contributed by atoms with van der Waals surface area (Å²) in [6, 6.07) is 20.7. The van der Waals surface area contributed by atoms with Crippen LogP contribution in [-0.2, 0) is 12.3 Å². The van der Waals surface area contributed by atoms with Crippen molar-refractivity contribution in [3.8, 4) is 5.75 Å². The zero-order valence-corrected chi connectivity index (χ0v) is 18.9. The molecule has 0 spiro atoms. The molecule has 4 nitrogen and oxygen atoms in total. The normalized spacial score (nSPS) is 12.3. The zero-order chi connectivity index (χ0) is 21.1. The van der Waals surface area contributed by atoms with Crippen LogP contribution in [0.1, 0.15) is 36.9 Å². The number of nitrogens with zero attached hydrogens (tertiary/aromatic N) is 3. The van der Waals surface area contributed by atoms with Crippen LogP contribution in [0.5, 0.6) is 5.75 Å². The quantitative estimate of drug-likeness (QED) is 0.296. The topological polar surface area (TPSA) is 39.9 Å². The highest BCUT2D eigenvalue weighted by Gasteiger charge is 2.20. The van der Waals surface area contributed by atoms with Gasteiger partial charge in [0.1, 0.15) is 5.75 Å². The number of halogens is 1. The maximum absolute atomic E-state index is 6.30. The van der Waals surface area contributed by atoms with Gasteiger partial charge in [-0.2, -0.15) is 0 Å². The van der Waals surface area contributed by atoms with Gasteiger partial charge in [0.05, 0.1) is 5.02 Å². The Kier molecular flexibility index (Phi) is 6.30. The van der Waals surface area contributed by atoms with E-state index in [0.717, 1.165) is 28.8 Å². The Morgan fingerprint density at radius 1 is 1.07 bits per heavy atom. The number of rotatable bonds is 7. The molecule has 0 N–H and O–H groups in total. The summed E-state index contributed by atoms with van der Waals surface area (Å²) in [5, 5.41) is 12.9. The Bertz CT molecular complexity index is 1170. The summed E-state index contributed by atoms with van der Waals surface area (Å²) >= 11 is 8.00. The van der Waals surface area contributed by atoms with Gasteiger partial charge in [-0.3, -0.25) is 0 Å². The molecule has 0 aliphatic heterocycles. The van der Waals surface area contributed by atoms with Gasteiger partial charge in [0.2, 0.25) is 0 Å². The first-order valence-electron chi connectivity index (χ1n) is 10.0. The van der Waals surface area contributed by atoms with E-state index in [1.165, 1.54) is 16.3 Å². The van der Waals surface area contributed by atoms with Crippen LogP contribution < -0.4 is 4.74 Å². The highest BCUT2D eigenvalue weighted by atomic mass is 35.5. The molecule has 4 rings (SSSR count). The molecule has 3 aromatic carbocycles. The second-order valence-electron chi connectivity index (χ2n) is 7.21. The highest BCUT2D eigenvalue weighted by Crippen LogP contribution is 2.32. The van der Waals surface area contributed by atoms with Crippen LogP contribution in [-0.4, -0.2) is 14.8 Å². The van der Waals surface area contributed by atoms with Crippen LogP contribution in [0.15, 0.2) is 65.8 Å². The van der Waals surface area contributed by atoms with Crippen LogP contribution in [0, 0.1) is 6.92 Å². The maximum atomic E-state index is 6.30. The molecule has 1 heterocycles. The van der Waals surface area contributed by atoms with Crippen molar-refractivity contribution < 1.29 is 4.74 Å². The summed E-state index contributed by atoms with van der Waals surface area (Å²) in [5.74, 6) is 2.30. The van der Waals surface area contributed by atoms with Gasteiger partial charge >= 0.3 is 0 Å². The van der Waals surface area contributed by atoms with E-state index in [0.29, 0.717) is 10.8 Å². The molecule has 30 heavy (non-hydrogen) atoms. The summed E-state index contributed by atoms with van der Waals surface area (Å²) in [6.07, 6.45) is -0.261. The molecule has 4 aromatic rings. The second-order valence-corrected chi connectivity index (χ2v) is 8.56. The summed E-state index contributed by atoms with van der Waals surface area (Å²) in [4.78, 5) is 0. The van der Waals surface area contributed by atoms with Gasteiger partial charge in [-0.15, -0.1) is 10.2 Å². The molecule has 0 radical (unpaired) electrons. The molecule has 1 unspecified atom stereocenters. The third-order valence-electron chi connectivity index (χ3n) is 5.05. The van der Waals surface area contributed by atoms with Crippen LogP contribution in [0.25, 0.3) is 10.8 Å².